The number of benzene rings is 1. The molecule has 2 rings (SSSR count). The van der Waals surface area contributed by atoms with Gasteiger partial charge in [0.05, 0.1) is 6.04 Å². The van der Waals surface area contributed by atoms with Gasteiger partial charge in [0.25, 0.3) is 0 Å². The molecule has 1 aromatic heterocycles. The van der Waals surface area contributed by atoms with Crippen molar-refractivity contribution < 1.29 is 17.9 Å². The van der Waals surface area contributed by atoms with E-state index in [4.69, 9.17) is 9.47 Å². The molecule has 0 aliphatic rings. The first-order chi connectivity index (χ1) is 9.49. The number of rotatable bonds is 6. The Hall–Kier alpha value is -0.990. The SMILES string of the molecule is COC(OC)[C@H](C)NS(=O)(=O)c1csc2ccccc12. The fourth-order valence-electron chi connectivity index (χ4n) is 2.03. The number of sulfonamides is 1. The molecule has 0 bridgehead atoms. The number of ether oxygens (including phenoxy) is 2. The zero-order valence-electron chi connectivity index (χ0n) is 11.5. The number of hydrogen-bond acceptors (Lipinski definition) is 5. The molecule has 110 valence electrons. The van der Waals surface area contributed by atoms with Crippen molar-refractivity contribution in [3.63, 3.8) is 0 Å². The third kappa shape index (κ3) is 3.02. The summed E-state index contributed by atoms with van der Waals surface area (Å²) in [6, 6.07) is 6.92. The van der Waals surface area contributed by atoms with Crippen LogP contribution in [0.2, 0.25) is 0 Å². The fraction of sp³-hybridized carbons (Fsp3) is 0.385. The van der Waals surface area contributed by atoms with Gasteiger partial charge in [0.15, 0.2) is 6.29 Å². The number of fused-ring (bicyclic) bond motifs is 1. The van der Waals surface area contributed by atoms with Crippen molar-refractivity contribution in [1.29, 1.82) is 0 Å². The standard InChI is InChI=1S/C13H17NO4S2/c1-9(13(17-2)18-3)14-20(15,16)12-8-19-11-7-5-4-6-10(11)12/h4-9,13-14H,1-3H3/t9-/m0/s1. The van der Waals surface area contributed by atoms with Crippen LogP contribution in [0.1, 0.15) is 6.92 Å². The van der Waals surface area contributed by atoms with E-state index < -0.39 is 22.4 Å². The molecule has 0 radical (unpaired) electrons. The molecule has 2 aromatic rings. The highest BCUT2D eigenvalue weighted by atomic mass is 32.2. The summed E-state index contributed by atoms with van der Waals surface area (Å²) in [4.78, 5) is 0.288. The van der Waals surface area contributed by atoms with Crippen molar-refractivity contribution in [1.82, 2.24) is 4.72 Å². The second-order valence-corrected chi connectivity index (χ2v) is 6.94. The first kappa shape index (κ1) is 15.4. The normalized spacial score (nSPS) is 14.0. The van der Waals surface area contributed by atoms with Crippen LogP contribution < -0.4 is 4.72 Å². The van der Waals surface area contributed by atoms with Gasteiger partial charge in [0.2, 0.25) is 10.0 Å². The van der Waals surface area contributed by atoms with E-state index in [0.717, 1.165) is 10.1 Å². The van der Waals surface area contributed by atoms with Crippen LogP contribution in [0.15, 0.2) is 34.5 Å². The van der Waals surface area contributed by atoms with E-state index >= 15 is 0 Å². The Morgan fingerprint density at radius 3 is 2.50 bits per heavy atom. The van der Waals surface area contributed by atoms with Gasteiger partial charge < -0.3 is 9.47 Å². The maximum absolute atomic E-state index is 12.4. The van der Waals surface area contributed by atoms with Gasteiger partial charge in [-0.1, -0.05) is 18.2 Å². The maximum Gasteiger partial charge on any atom is 0.242 e. The molecule has 1 heterocycles. The molecule has 20 heavy (non-hydrogen) atoms. The van der Waals surface area contributed by atoms with Crippen LogP contribution in [0.3, 0.4) is 0 Å². The summed E-state index contributed by atoms with van der Waals surface area (Å²) >= 11 is 1.41. The van der Waals surface area contributed by atoms with Crippen molar-refractivity contribution >= 4 is 31.4 Å². The van der Waals surface area contributed by atoms with Gasteiger partial charge in [-0.25, -0.2) is 13.1 Å². The first-order valence-electron chi connectivity index (χ1n) is 6.03. The topological polar surface area (TPSA) is 64.6 Å². The Labute approximate surface area is 122 Å². The Bertz CT molecular complexity index is 676. The smallest absolute Gasteiger partial charge is 0.242 e. The molecule has 0 saturated carbocycles. The molecule has 0 unspecified atom stereocenters. The Morgan fingerprint density at radius 2 is 1.85 bits per heavy atom. The predicted octanol–water partition coefficient (Wildman–Crippen LogP) is 2.19. The lowest BCUT2D eigenvalue weighted by atomic mass is 10.3. The lowest BCUT2D eigenvalue weighted by molar-refractivity contribution is -0.115. The molecule has 0 spiro atoms. The minimum Gasteiger partial charge on any atom is -0.354 e. The van der Waals surface area contributed by atoms with Crippen LogP contribution in [-0.4, -0.2) is 35.0 Å². The minimum absolute atomic E-state index is 0.288. The molecule has 5 nitrogen and oxygen atoms in total. The average Bonchev–Trinajstić information content (AvgIpc) is 2.84. The Balaban J connectivity index is 2.31. The van der Waals surface area contributed by atoms with Crippen molar-refractivity contribution in [2.24, 2.45) is 0 Å². The molecule has 0 aliphatic heterocycles. The van der Waals surface area contributed by atoms with Gasteiger partial charge in [0.1, 0.15) is 4.90 Å². The molecular formula is C13H17NO4S2. The van der Waals surface area contributed by atoms with E-state index in [-0.39, 0.29) is 4.90 Å². The van der Waals surface area contributed by atoms with Gasteiger partial charge in [0, 0.05) is 29.7 Å². The van der Waals surface area contributed by atoms with Gasteiger partial charge in [-0.15, -0.1) is 11.3 Å². The zero-order chi connectivity index (χ0) is 14.8. The summed E-state index contributed by atoms with van der Waals surface area (Å²) in [7, 11) is -0.665. The third-order valence-electron chi connectivity index (χ3n) is 2.95. The average molecular weight is 315 g/mol. The molecule has 1 atom stereocenters. The van der Waals surface area contributed by atoms with E-state index in [9.17, 15) is 8.42 Å². The van der Waals surface area contributed by atoms with E-state index in [2.05, 4.69) is 4.72 Å². The molecule has 0 saturated heterocycles. The summed E-state index contributed by atoms with van der Waals surface area (Å²) in [5.41, 5.74) is 0. The van der Waals surface area contributed by atoms with Crippen molar-refractivity contribution in [2.45, 2.75) is 24.2 Å². The van der Waals surface area contributed by atoms with Crippen molar-refractivity contribution in [3.8, 4) is 0 Å². The molecule has 1 N–H and O–H groups in total. The highest BCUT2D eigenvalue weighted by Gasteiger charge is 2.25. The highest BCUT2D eigenvalue weighted by molar-refractivity contribution is 7.90. The lowest BCUT2D eigenvalue weighted by Crippen LogP contribution is -2.42. The van der Waals surface area contributed by atoms with Gasteiger partial charge in [-0.2, -0.15) is 0 Å². The fourth-order valence-corrected chi connectivity index (χ4v) is 4.76. The van der Waals surface area contributed by atoms with Crippen LogP contribution in [-0.2, 0) is 19.5 Å². The first-order valence-corrected chi connectivity index (χ1v) is 8.40. The summed E-state index contributed by atoms with van der Waals surface area (Å²) in [6.07, 6.45) is -0.630. The number of thiophene rings is 1. The quantitative estimate of drug-likeness (QED) is 0.830. The zero-order valence-corrected chi connectivity index (χ0v) is 13.1. The largest absolute Gasteiger partial charge is 0.354 e. The van der Waals surface area contributed by atoms with Gasteiger partial charge in [-0.05, 0) is 13.0 Å². The molecule has 0 amide bonds. The van der Waals surface area contributed by atoms with E-state index in [0.29, 0.717) is 0 Å². The third-order valence-corrected chi connectivity index (χ3v) is 5.66. The second kappa shape index (κ2) is 6.19. The summed E-state index contributed by atoms with van der Waals surface area (Å²) < 4.78 is 38.5. The van der Waals surface area contributed by atoms with Crippen LogP contribution in [0.25, 0.3) is 10.1 Å². The maximum atomic E-state index is 12.4. The van der Waals surface area contributed by atoms with Gasteiger partial charge >= 0.3 is 0 Å². The molecule has 7 heteroatoms. The highest BCUT2D eigenvalue weighted by Crippen LogP contribution is 2.29. The monoisotopic (exact) mass is 315 g/mol. The molecular weight excluding hydrogens is 298 g/mol. The summed E-state index contributed by atoms with van der Waals surface area (Å²) in [5.74, 6) is 0. The summed E-state index contributed by atoms with van der Waals surface area (Å²) in [6.45, 7) is 1.70. The minimum atomic E-state index is -3.61. The van der Waals surface area contributed by atoms with Crippen LogP contribution >= 0.6 is 11.3 Å². The van der Waals surface area contributed by atoms with Crippen LogP contribution in [0.5, 0.6) is 0 Å². The molecule has 0 aliphatic carbocycles. The number of hydrogen-bond donors (Lipinski definition) is 1. The second-order valence-electron chi connectivity index (χ2n) is 4.35. The molecule has 0 fully saturated rings. The van der Waals surface area contributed by atoms with Crippen molar-refractivity contribution in [2.75, 3.05) is 14.2 Å². The van der Waals surface area contributed by atoms with E-state index in [1.54, 1.807) is 18.4 Å². The van der Waals surface area contributed by atoms with E-state index in [1.807, 2.05) is 18.2 Å². The number of methoxy groups -OCH3 is 2. The molecule has 1 aromatic carbocycles. The van der Waals surface area contributed by atoms with Crippen LogP contribution in [0, 0.1) is 0 Å². The Morgan fingerprint density at radius 1 is 1.20 bits per heavy atom. The number of nitrogens with one attached hydrogen (secondary N) is 1. The van der Waals surface area contributed by atoms with Gasteiger partial charge in [-0.3, -0.25) is 0 Å². The lowest BCUT2D eigenvalue weighted by Gasteiger charge is -2.21. The van der Waals surface area contributed by atoms with Crippen molar-refractivity contribution in [3.05, 3.63) is 29.6 Å². The predicted molar refractivity (Wildman–Crippen MR) is 79.4 cm³/mol. The Kier molecular flexibility index (Phi) is 4.77. The van der Waals surface area contributed by atoms with Crippen LogP contribution in [0.4, 0.5) is 0 Å². The van der Waals surface area contributed by atoms with E-state index in [1.165, 1.54) is 25.6 Å². The summed E-state index contributed by atoms with van der Waals surface area (Å²) in [5, 5.41) is 2.37.